The highest BCUT2D eigenvalue weighted by Crippen LogP contribution is 2.37. The fourth-order valence-electron chi connectivity index (χ4n) is 1.60. The minimum absolute atomic E-state index is 0.0291. The number of benzene rings is 1. The van der Waals surface area contributed by atoms with Crippen molar-refractivity contribution in [1.82, 2.24) is 0 Å². The lowest BCUT2D eigenvalue weighted by Crippen LogP contribution is -2.06. The average molecular weight is 257 g/mol. The Labute approximate surface area is 107 Å². The van der Waals surface area contributed by atoms with E-state index in [9.17, 15) is 4.79 Å². The van der Waals surface area contributed by atoms with Crippen LogP contribution in [0.4, 0.5) is 0 Å². The highest BCUT2D eigenvalue weighted by atomic mass is 35.5. The van der Waals surface area contributed by atoms with Gasteiger partial charge in [0, 0.05) is 6.42 Å². The summed E-state index contributed by atoms with van der Waals surface area (Å²) in [6.45, 7) is 3.99. The maximum Gasteiger partial charge on any atom is 0.166 e. The van der Waals surface area contributed by atoms with Gasteiger partial charge in [0.05, 0.1) is 19.8 Å². The molecular formula is C13H17ClO3. The molecule has 0 heterocycles. The minimum atomic E-state index is 0.0291. The molecule has 0 aliphatic rings. The van der Waals surface area contributed by atoms with Crippen LogP contribution >= 0.6 is 11.6 Å². The highest BCUT2D eigenvalue weighted by molar-refractivity contribution is 6.34. The van der Waals surface area contributed by atoms with Gasteiger partial charge >= 0.3 is 0 Å². The zero-order chi connectivity index (χ0) is 13.0. The van der Waals surface area contributed by atoms with Crippen LogP contribution in [0.3, 0.4) is 0 Å². The van der Waals surface area contributed by atoms with Crippen LogP contribution in [0.15, 0.2) is 12.1 Å². The Kier molecular flexibility index (Phi) is 4.82. The Hall–Kier alpha value is -1.22. The first-order valence-corrected chi connectivity index (χ1v) is 5.82. The van der Waals surface area contributed by atoms with E-state index in [0.29, 0.717) is 34.4 Å². The van der Waals surface area contributed by atoms with Crippen molar-refractivity contribution in [2.24, 2.45) is 5.92 Å². The quantitative estimate of drug-likeness (QED) is 0.756. The smallest absolute Gasteiger partial charge is 0.166 e. The second-order valence-electron chi connectivity index (χ2n) is 4.18. The Morgan fingerprint density at radius 1 is 1.29 bits per heavy atom. The summed E-state index contributed by atoms with van der Waals surface area (Å²) in [5.74, 6) is 1.22. The zero-order valence-corrected chi connectivity index (χ0v) is 11.3. The number of hydrogen-bond acceptors (Lipinski definition) is 3. The van der Waals surface area contributed by atoms with Crippen molar-refractivity contribution in [3.63, 3.8) is 0 Å². The molecule has 0 radical (unpaired) electrons. The van der Waals surface area contributed by atoms with E-state index in [-0.39, 0.29) is 5.78 Å². The van der Waals surface area contributed by atoms with Gasteiger partial charge in [0.1, 0.15) is 10.8 Å². The lowest BCUT2D eigenvalue weighted by molar-refractivity contribution is 0.0965. The molecule has 0 saturated carbocycles. The lowest BCUT2D eigenvalue weighted by Gasteiger charge is -2.13. The number of hydrogen-bond donors (Lipinski definition) is 0. The molecule has 0 atom stereocenters. The fourth-order valence-corrected chi connectivity index (χ4v) is 1.91. The first kappa shape index (κ1) is 13.8. The number of carbonyl (C=O) groups excluding carboxylic acids is 1. The average Bonchev–Trinajstić information content (AvgIpc) is 2.27. The van der Waals surface area contributed by atoms with Crippen LogP contribution < -0.4 is 9.47 Å². The standard InChI is InChI=1S/C13H17ClO3/c1-8(2)7-10(15)9-5-6-11(16-3)12(14)13(9)17-4/h5-6,8H,7H2,1-4H3. The van der Waals surface area contributed by atoms with Gasteiger partial charge in [0.15, 0.2) is 11.5 Å². The summed E-state index contributed by atoms with van der Waals surface area (Å²) in [6, 6.07) is 3.37. The van der Waals surface area contributed by atoms with Crippen molar-refractivity contribution in [2.45, 2.75) is 20.3 Å². The third kappa shape index (κ3) is 3.13. The van der Waals surface area contributed by atoms with Gasteiger partial charge in [0.25, 0.3) is 0 Å². The van der Waals surface area contributed by atoms with E-state index < -0.39 is 0 Å². The first-order chi connectivity index (χ1) is 8.01. The number of carbonyl (C=O) groups is 1. The zero-order valence-electron chi connectivity index (χ0n) is 10.5. The van der Waals surface area contributed by atoms with E-state index in [1.165, 1.54) is 14.2 Å². The predicted molar refractivity (Wildman–Crippen MR) is 68.3 cm³/mol. The largest absolute Gasteiger partial charge is 0.495 e. The Morgan fingerprint density at radius 2 is 1.94 bits per heavy atom. The lowest BCUT2D eigenvalue weighted by atomic mass is 10.0. The van der Waals surface area contributed by atoms with Gasteiger partial charge in [-0.3, -0.25) is 4.79 Å². The van der Waals surface area contributed by atoms with Crippen molar-refractivity contribution >= 4 is 17.4 Å². The van der Waals surface area contributed by atoms with Crippen LogP contribution in [0.5, 0.6) is 11.5 Å². The monoisotopic (exact) mass is 256 g/mol. The number of ketones is 1. The number of halogens is 1. The van der Waals surface area contributed by atoms with E-state index in [1.54, 1.807) is 12.1 Å². The molecule has 0 aliphatic heterocycles. The van der Waals surface area contributed by atoms with E-state index in [4.69, 9.17) is 21.1 Å². The van der Waals surface area contributed by atoms with Gasteiger partial charge in [-0.25, -0.2) is 0 Å². The van der Waals surface area contributed by atoms with Crippen LogP contribution in [-0.4, -0.2) is 20.0 Å². The molecule has 17 heavy (non-hydrogen) atoms. The third-order valence-corrected chi connectivity index (χ3v) is 2.74. The molecule has 0 fully saturated rings. The second-order valence-corrected chi connectivity index (χ2v) is 4.56. The highest BCUT2D eigenvalue weighted by Gasteiger charge is 2.18. The molecule has 1 rings (SSSR count). The van der Waals surface area contributed by atoms with Gasteiger partial charge < -0.3 is 9.47 Å². The van der Waals surface area contributed by atoms with Crippen molar-refractivity contribution in [1.29, 1.82) is 0 Å². The predicted octanol–water partition coefficient (Wildman–Crippen LogP) is 3.59. The van der Waals surface area contributed by atoms with Gasteiger partial charge in [-0.15, -0.1) is 0 Å². The SMILES string of the molecule is COc1ccc(C(=O)CC(C)C)c(OC)c1Cl. The molecule has 0 spiro atoms. The summed E-state index contributed by atoms with van der Waals surface area (Å²) in [5.41, 5.74) is 0.506. The first-order valence-electron chi connectivity index (χ1n) is 5.45. The number of methoxy groups -OCH3 is 2. The number of Topliss-reactive ketones (excluding diaryl/α,β-unsaturated/α-hetero) is 1. The summed E-state index contributed by atoms with van der Waals surface area (Å²) < 4.78 is 10.3. The van der Waals surface area contributed by atoms with Crippen molar-refractivity contribution in [3.05, 3.63) is 22.7 Å². The van der Waals surface area contributed by atoms with Crippen LogP contribution in [0, 0.1) is 5.92 Å². The van der Waals surface area contributed by atoms with Gasteiger partial charge in [-0.2, -0.15) is 0 Å². The molecule has 0 N–H and O–H groups in total. The van der Waals surface area contributed by atoms with Gasteiger partial charge in [0.2, 0.25) is 0 Å². The summed E-state index contributed by atoms with van der Waals surface area (Å²) >= 11 is 6.09. The maximum atomic E-state index is 12.0. The number of rotatable bonds is 5. The van der Waals surface area contributed by atoms with Crippen molar-refractivity contribution < 1.29 is 14.3 Å². The maximum absolute atomic E-state index is 12.0. The van der Waals surface area contributed by atoms with Crippen LogP contribution in [0.1, 0.15) is 30.6 Å². The van der Waals surface area contributed by atoms with E-state index in [1.807, 2.05) is 13.8 Å². The summed E-state index contributed by atoms with van der Waals surface area (Å²) in [7, 11) is 3.02. The normalized spacial score (nSPS) is 10.5. The van der Waals surface area contributed by atoms with E-state index >= 15 is 0 Å². The number of ether oxygens (including phenoxy) is 2. The van der Waals surface area contributed by atoms with Crippen LogP contribution in [0.25, 0.3) is 0 Å². The second kappa shape index (κ2) is 5.92. The van der Waals surface area contributed by atoms with E-state index in [0.717, 1.165) is 0 Å². The minimum Gasteiger partial charge on any atom is -0.495 e. The topological polar surface area (TPSA) is 35.5 Å². The Morgan fingerprint density at radius 3 is 2.41 bits per heavy atom. The summed E-state index contributed by atoms with van der Waals surface area (Å²) in [4.78, 5) is 12.0. The van der Waals surface area contributed by atoms with E-state index in [2.05, 4.69) is 0 Å². The molecule has 0 aliphatic carbocycles. The van der Waals surface area contributed by atoms with Gasteiger partial charge in [-0.1, -0.05) is 25.4 Å². The summed E-state index contributed by atoms with van der Waals surface area (Å²) in [6.07, 6.45) is 0.471. The summed E-state index contributed by atoms with van der Waals surface area (Å²) in [5, 5.41) is 0.338. The van der Waals surface area contributed by atoms with Crippen LogP contribution in [-0.2, 0) is 0 Å². The Balaban J connectivity index is 3.16. The Bertz CT molecular complexity index is 413. The molecule has 1 aromatic rings. The molecule has 3 nitrogen and oxygen atoms in total. The third-order valence-electron chi connectivity index (χ3n) is 2.38. The molecule has 0 unspecified atom stereocenters. The fraction of sp³-hybridized carbons (Fsp3) is 0.462. The molecule has 94 valence electrons. The molecule has 0 amide bonds. The molecule has 1 aromatic carbocycles. The van der Waals surface area contributed by atoms with Crippen molar-refractivity contribution in [2.75, 3.05) is 14.2 Å². The molecule has 0 saturated heterocycles. The molecule has 0 bridgehead atoms. The molecular weight excluding hydrogens is 240 g/mol. The molecule has 0 aromatic heterocycles. The van der Waals surface area contributed by atoms with Crippen LogP contribution in [0.2, 0.25) is 5.02 Å². The molecule has 4 heteroatoms. The van der Waals surface area contributed by atoms with Gasteiger partial charge in [-0.05, 0) is 18.1 Å². The van der Waals surface area contributed by atoms with Crippen molar-refractivity contribution in [3.8, 4) is 11.5 Å².